The molecule has 3 rings (SSSR count). The number of carbonyl (C=O) groups excluding carboxylic acids is 2. The normalized spacial score (nSPS) is 16.9. The van der Waals surface area contributed by atoms with Gasteiger partial charge in [-0.15, -0.1) is 0 Å². The lowest BCUT2D eigenvalue weighted by molar-refractivity contribution is -0.142. The molecule has 1 heterocycles. The summed E-state index contributed by atoms with van der Waals surface area (Å²) in [5.41, 5.74) is 1.11. The van der Waals surface area contributed by atoms with Gasteiger partial charge in [0.25, 0.3) is 0 Å². The van der Waals surface area contributed by atoms with Crippen molar-refractivity contribution in [2.45, 2.75) is 6.04 Å². The van der Waals surface area contributed by atoms with Gasteiger partial charge in [0.15, 0.2) is 0 Å². The van der Waals surface area contributed by atoms with Gasteiger partial charge in [-0.1, -0.05) is 24.3 Å². The maximum absolute atomic E-state index is 12.2. The molecule has 8 nitrogen and oxygen atoms in total. The van der Waals surface area contributed by atoms with Crippen LogP contribution in [0.3, 0.4) is 0 Å². The van der Waals surface area contributed by atoms with Crippen LogP contribution < -0.4 is 4.90 Å². The molecule has 0 saturated carbocycles. The SMILES string of the molecule is COC(=O)c1cc(N2CCN(C(=O)OC)[C@H](C(=O)O)C2)cc2ccccc12. The van der Waals surface area contributed by atoms with Gasteiger partial charge in [-0.2, -0.15) is 0 Å². The minimum absolute atomic E-state index is 0.0867. The summed E-state index contributed by atoms with van der Waals surface area (Å²) in [6.45, 7) is 0.700. The second-order valence-electron chi connectivity index (χ2n) is 6.17. The first-order chi connectivity index (χ1) is 13.0. The molecular weight excluding hydrogens is 352 g/mol. The lowest BCUT2D eigenvalue weighted by Crippen LogP contribution is -2.58. The van der Waals surface area contributed by atoms with Crippen LogP contribution in [0.1, 0.15) is 10.4 Å². The van der Waals surface area contributed by atoms with Gasteiger partial charge in [0, 0.05) is 25.3 Å². The first kappa shape index (κ1) is 18.5. The Kier molecular flexibility index (Phi) is 5.16. The number of methoxy groups -OCH3 is 2. The lowest BCUT2D eigenvalue weighted by Gasteiger charge is -2.39. The smallest absolute Gasteiger partial charge is 0.410 e. The van der Waals surface area contributed by atoms with Crippen LogP contribution in [0.25, 0.3) is 10.8 Å². The molecule has 1 aliphatic rings. The van der Waals surface area contributed by atoms with Crippen molar-refractivity contribution in [2.75, 3.05) is 38.8 Å². The third-order valence-corrected chi connectivity index (χ3v) is 4.69. The van der Waals surface area contributed by atoms with E-state index in [2.05, 4.69) is 4.74 Å². The van der Waals surface area contributed by atoms with E-state index >= 15 is 0 Å². The number of carboxylic acid groups (broad SMARTS) is 1. The number of rotatable bonds is 3. The number of amides is 1. The Labute approximate surface area is 155 Å². The number of ether oxygens (including phenoxy) is 2. The van der Waals surface area contributed by atoms with Gasteiger partial charge in [0.2, 0.25) is 0 Å². The number of carboxylic acids is 1. The first-order valence-electron chi connectivity index (χ1n) is 8.39. The Morgan fingerprint density at radius 1 is 1.07 bits per heavy atom. The Bertz CT molecular complexity index is 897. The van der Waals surface area contributed by atoms with E-state index < -0.39 is 24.1 Å². The Morgan fingerprint density at radius 2 is 1.81 bits per heavy atom. The zero-order valence-electron chi connectivity index (χ0n) is 15.0. The quantitative estimate of drug-likeness (QED) is 0.823. The van der Waals surface area contributed by atoms with Crippen LogP contribution in [-0.4, -0.2) is 67.9 Å². The van der Waals surface area contributed by atoms with Crippen molar-refractivity contribution in [3.63, 3.8) is 0 Å². The van der Waals surface area contributed by atoms with Crippen molar-refractivity contribution in [3.8, 4) is 0 Å². The summed E-state index contributed by atoms with van der Waals surface area (Å²) in [7, 11) is 2.54. The van der Waals surface area contributed by atoms with Crippen molar-refractivity contribution in [1.29, 1.82) is 0 Å². The zero-order chi connectivity index (χ0) is 19.6. The molecule has 2 aromatic rings. The van der Waals surface area contributed by atoms with Crippen LogP contribution in [0, 0.1) is 0 Å². The van der Waals surface area contributed by atoms with Crippen molar-refractivity contribution in [3.05, 3.63) is 42.0 Å². The second-order valence-corrected chi connectivity index (χ2v) is 6.17. The second kappa shape index (κ2) is 7.53. The van der Waals surface area contributed by atoms with Gasteiger partial charge in [0.1, 0.15) is 6.04 Å². The van der Waals surface area contributed by atoms with Gasteiger partial charge in [-0.05, 0) is 22.9 Å². The standard InChI is InChI=1S/C19H20N2O6/c1-26-18(24)15-10-13(9-12-5-3-4-6-14(12)15)20-7-8-21(19(25)27-2)16(11-20)17(22)23/h3-6,9-10,16H,7-8,11H2,1-2H3,(H,22,23)/t16-/m0/s1. The van der Waals surface area contributed by atoms with E-state index in [9.17, 15) is 19.5 Å². The van der Waals surface area contributed by atoms with Gasteiger partial charge in [-0.25, -0.2) is 14.4 Å². The van der Waals surface area contributed by atoms with Crippen LogP contribution in [0.2, 0.25) is 0 Å². The van der Waals surface area contributed by atoms with Gasteiger partial charge < -0.3 is 19.5 Å². The monoisotopic (exact) mass is 372 g/mol. The lowest BCUT2D eigenvalue weighted by atomic mass is 10.0. The highest BCUT2D eigenvalue weighted by atomic mass is 16.5. The molecule has 0 aromatic heterocycles. The van der Waals surface area contributed by atoms with E-state index in [1.165, 1.54) is 19.1 Å². The molecule has 142 valence electrons. The van der Waals surface area contributed by atoms with Crippen molar-refractivity contribution < 1.29 is 29.0 Å². The highest BCUT2D eigenvalue weighted by Crippen LogP contribution is 2.28. The Hall–Kier alpha value is -3.29. The van der Waals surface area contributed by atoms with Gasteiger partial charge in [-0.3, -0.25) is 4.90 Å². The molecule has 8 heteroatoms. The average molecular weight is 372 g/mol. The number of fused-ring (bicyclic) bond motifs is 1. The number of piperazine rings is 1. The molecule has 0 radical (unpaired) electrons. The van der Waals surface area contributed by atoms with E-state index in [-0.39, 0.29) is 13.1 Å². The van der Waals surface area contributed by atoms with E-state index in [4.69, 9.17) is 4.74 Å². The Morgan fingerprint density at radius 3 is 2.48 bits per heavy atom. The molecule has 1 fully saturated rings. The first-order valence-corrected chi connectivity index (χ1v) is 8.39. The fourth-order valence-electron chi connectivity index (χ4n) is 3.32. The summed E-state index contributed by atoms with van der Waals surface area (Å²) in [6.07, 6.45) is -0.671. The van der Waals surface area contributed by atoms with E-state index in [1.54, 1.807) is 6.07 Å². The molecule has 0 aliphatic carbocycles. The summed E-state index contributed by atoms with van der Waals surface area (Å²) in [5.74, 6) is -1.57. The van der Waals surface area contributed by atoms with Crippen LogP contribution in [-0.2, 0) is 14.3 Å². The molecule has 1 aliphatic heterocycles. The molecule has 1 saturated heterocycles. The zero-order valence-corrected chi connectivity index (χ0v) is 15.0. The maximum atomic E-state index is 12.2. The van der Waals surface area contributed by atoms with Gasteiger partial charge >= 0.3 is 18.0 Å². The molecule has 0 bridgehead atoms. The maximum Gasteiger partial charge on any atom is 0.410 e. The molecule has 1 N–H and O–H groups in total. The van der Waals surface area contributed by atoms with E-state index in [0.717, 1.165) is 10.8 Å². The topological polar surface area (TPSA) is 96.4 Å². The average Bonchev–Trinajstić information content (AvgIpc) is 2.71. The summed E-state index contributed by atoms with van der Waals surface area (Å²) in [4.78, 5) is 38.7. The molecule has 0 spiro atoms. The minimum Gasteiger partial charge on any atom is -0.480 e. The Balaban J connectivity index is 1.99. The highest BCUT2D eigenvalue weighted by molar-refractivity contribution is 6.06. The van der Waals surface area contributed by atoms with E-state index in [0.29, 0.717) is 17.8 Å². The summed E-state index contributed by atoms with van der Waals surface area (Å²) >= 11 is 0. The van der Waals surface area contributed by atoms with E-state index in [1.807, 2.05) is 35.2 Å². The largest absolute Gasteiger partial charge is 0.480 e. The minimum atomic E-state index is -1.11. The van der Waals surface area contributed by atoms with Gasteiger partial charge in [0.05, 0.1) is 19.8 Å². The third-order valence-electron chi connectivity index (χ3n) is 4.69. The number of benzene rings is 2. The summed E-state index contributed by atoms with van der Waals surface area (Å²) < 4.78 is 9.57. The van der Waals surface area contributed by atoms with Crippen molar-refractivity contribution in [2.24, 2.45) is 0 Å². The molecule has 27 heavy (non-hydrogen) atoms. The highest BCUT2D eigenvalue weighted by Gasteiger charge is 2.36. The number of hydrogen-bond donors (Lipinski definition) is 1. The fourth-order valence-corrected chi connectivity index (χ4v) is 3.32. The predicted molar refractivity (Wildman–Crippen MR) is 98.0 cm³/mol. The molecule has 0 unspecified atom stereocenters. The van der Waals surface area contributed by atoms with Crippen LogP contribution >= 0.6 is 0 Å². The van der Waals surface area contributed by atoms with Crippen LogP contribution in [0.5, 0.6) is 0 Å². The molecule has 1 atom stereocenters. The number of carbonyl (C=O) groups is 3. The number of nitrogens with zero attached hydrogens (tertiary/aromatic N) is 2. The van der Waals surface area contributed by atoms with Crippen molar-refractivity contribution in [1.82, 2.24) is 4.90 Å². The molecule has 2 aromatic carbocycles. The fraction of sp³-hybridized carbons (Fsp3) is 0.316. The number of aliphatic carboxylic acids is 1. The number of esters is 1. The summed E-state index contributed by atoms with van der Waals surface area (Å²) in [6, 6.07) is 9.96. The number of hydrogen-bond acceptors (Lipinski definition) is 6. The third kappa shape index (κ3) is 3.51. The van der Waals surface area contributed by atoms with Crippen LogP contribution in [0.15, 0.2) is 36.4 Å². The summed E-state index contributed by atoms with van der Waals surface area (Å²) in [5, 5.41) is 11.1. The molecular formula is C19H20N2O6. The van der Waals surface area contributed by atoms with Crippen LogP contribution in [0.4, 0.5) is 10.5 Å². The van der Waals surface area contributed by atoms with Crippen molar-refractivity contribution >= 4 is 34.5 Å². The number of anilines is 1. The predicted octanol–water partition coefficient (Wildman–Crippen LogP) is 1.97. The molecule has 1 amide bonds.